The number of likely N-dealkylation sites (tertiary alicyclic amines) is 1. The van der Waals surface area contributed by atoms with Crippen LogP contribution < -0.4 is 5.32 Å². The van der Waals surface area contributed by atoms with Crippen LogP contribution in [-0.2, 0) is 5.75 Å². The highest BCUT2D eigenvalue weighted by Gasteiger charge is 2.22. The van der Waals surface area contributed by atoms with Crippen molar-refractivity contribution in [1.82, 2.24) is 9.88 Å². The fraction of sp³-hybridized carbons (Fsp3) is 0.400. The summed E-state index contributed by atoms with van der Waals surface area (Å²) < 4.78 is 0. The Morgan fingerprint density at radius 3 is 3.04 bits per heavy atom. The molecule has 1 unspecified atom stereocenters. The Kier molecular flexibility index (Phi) is 6.34. The molecule has 1 aromatic heterocycles. The van der Waals surface area contributed by atoms with E-state index in [1.54, 1.807) is 18.0 Å². The fourth-order valence-electron chi connectivity index (χ4n) is 3.11. The molecule has 0 bridgehead atoms. The summed E-state index contributed by atoms with van der Waals surface area (Å²) >= 11 is 1.70. The lowest BCUT2D eigenvalue weighted by molar-refractivity contribution is 0.176. The summed E-state index contributed by atoms with van der Waals surface area (Å²) in [6.45, 7) is 3.93. The molecule has 0 spiro atoms. The van der Waals surface area contributed by atoms with Crippen molar-refractivity contribution in [1.29, 1.82) is 0 Å². The maximum Gasteiger partial charge on any atom is 0.321 e. The maximum absolute atomic E-state index is 12.5. The molecular weight excluding hydrogens is 330 g/mol. The van der Waals surface area contributed by atoms with Gasteiger partial charge < -0.3 is 10.2 Å². The topological polar surface area (TPSA) is 45.2 Å². The molecule has 1 aliphatic rings. The zero-order valence-electron chi connectivity index (χ0n) is 14.6. The van der Waals surface area contributed by atoms with Gasteiger partial charge in [-0.3, -0.25) is 0 Å². The summed E-state index contributed by atoms with van der Waals surface area (Å²) in [5, 5.41) is 4.07. The maximum atomic E-state index is 12.5. The van der Waals surface area contributed by atoms with Crippen LogP contribution in [-0.4, -0.2) is 29.0 Å². The molecule has 5 heteroatoms. The van der Waals surface area contributed by atoms with Crippen molar-refractivity contribution in [2.45, 2.75) is 37.0 Å². The van der Waals surface area contributed by atoms with E-state index in [4.69, 9.17) is 0 Å². The highest BCUT2D eigenvalue weighted by Crippen LogP contribution is 2.23. The van der Waals surface area contributed by atoms with Crippen LogP contribution in [0.4, 0.5) is 10.5 Å². The van der Waals surface area contributed by atoms with E-state index in [2.05, 4.69) is 29.4 Å². The Labute approximate surface area is 154 Å². The highest BCUT2D eigenvalue weighted by atomic mass is 32.2. The third-order valence-corrected chi connectivity index (χ3v) is 5.60. The number of hydrogen-bond acceptors (Lipinski definition) is 3. The minimum Gasteiger partial charge on any atom is -0.324 e. The number of pyridine rings is 1. The molecule has 1 saturated heterocycles. The van der Waals surface area contributed by atoms with Gasteiger partial charge in [-0.1, -0.05) is 31.5 Å². The van der Waals surface area contributed by atoms with E-state index < -0.39 is 0 Å². The third kappa shape index (κ3) is 5.23. The average Bonchev–Trinajstić information content (AvgIpc) is 2.67. The molecular formula is C20H25N3OS. The summed E-state index contributed by atoms with van der Waals surface area (Å²) in [4.78, 5) is 18.8. The van der Waals surface area contributed by atoms with Crippen molar-refractivity contribution in [2.24, 2.45) is 5.92 Å². The summed E-state index contributed by atoms with van der Waals surface area (Å²) in [6, 6.07) is 14.0. The van der Waals surface area contributed by atoms with E-state index in [0.717, 1.165) is 42.4 Å². The Morgan fingerprint density at radius 2 is 2.24 bits per heavy atom. The molecule has 1 aliphatic heterocycles. The molecule has 1 atom stereocenters. The van der Waals surface area contributed by atoms with Gasteiger partial charge in [0.1, 0.15) is 0 Å². The normalized spacial score (nSPS) is 17.3. The minimum atomic E-state index is 0.0210. The molecule has 3 rings (SSSR count). The van der Waals surface area contributed by atoms with Gasteiger partial charge >= 0.3 is 6.03 Å². The van der Waals surface area contributed by atoms with Crippen LogP contribution in [0.15, 0.2) is 53.7 Å². The van der Waals surface area contributed by atoms with Crippen molar-refractivity contribution in [3.05, 3.63) is 54.2 Å². The quantitative estimate of drug-likeness (QED) is 0.765. The minimum absolute atomic E-state index is 0.0210. The van der Waals surface area contributed by atoms with Gasteiger partial charge in [0.25, 0.3) is 0 Å². The molecule has 4 nitrogen and oxygen atoms in total. The van der Waals surface area contributed by atoms with Gasteiger partial charge in [-0.05, 0) is 48.6 Å². The SMILES string of the molecule is CCC1CCCN(C(=O)Nc2cccc(CSc3ccccn3)c2)C1. The van der Waals surface area contributed by atoms with Crippen molar-refractivity contribution in [3.8, 4) is 0 Å². The lowest BCUT2D eigenvalue weighted by Gasteiger charge is -2.32. The predicted molar refractivity (Wildman–Crippen MR) is 104 cm³/mol. The zero-order valence-corrected chi connectivity index (χ0v) is 15.5. The number of nitrogens with one attached hydrogen (secondary N) is 1. The Morgan fingerprint density at radius 1 is 1.32 bits per heavy atom. The number of carbonyl (C=O) groups excluding carboxylic acids is 1. The molecule has 132 valence electrons. The number of benzene rings is 1. The van der Waals surface area contributed by atoms with Crippen LogP contribution in [0.25, 0.3) is 0 Å². The van der Waals surface area contributed by atoms with Crippen LogP contribution in [0.5, 0.6) is 0 Å². The predicted octanol–water partition coefficient (Wildman–Crippen LogP) is 5.03. The van der Waals surface area contributed by atoms with Crippen LogP contribution in [0.2, 0.25) is 0 Å². The molecule has 1 fully saturated rings. The van der Waals surface area contributed by atoms with Gasteiger partial charge in [0.05, 0.1) is 5.03 Å². The molecule has 2 amide bonds. The van der Waals surface area contributed by atoms with Crippen molar-refractivity contribution in [3.63, 3.8) is 0 Å². The van der Waals surface area contributed by atoms with Crippen LogP contribution in [0.3, 0.4) is 0 Å². The van der Waals surface area contributed by atoms with Gasteiger partial charge in [0.15, 0.2) is 0 Å². The fourth-order valence-corrected chi connectivity index (χ4v) is 3.92. The Hall–Kier alpha value is -2.01. The number of thioether (sulfide) groups is 1. The second-order valence-electron chi connectivity index (χ2n) is 6.45. The number of carbonyl (C=O) groups is 1. The first-order chi connectivity index (χ1) is 12.2. The molecule has 1 N–H and O–H groups in total. The number of amides is 2. The molecule has 2 aromatic rings. The number of aromatic nitrogens is 1. The van der Waals surface area contributed by atoms with Gasteiger partial charge in [-0.25, -0.2) is 9.78 Å². The smallest absolute Gasteiger partial charge is 0.321 e. The van der Waals surface area contributed by atoms with E-state index in [1.165, 1.54) is 12.0 Å². The lowest BCUT2D eigenvalue weighted by Crippen LogP contribution is -2.42. The summed E-state index contributed by atoms with van der Waals surface area (Å²) in [7, 11) is 0. The summed E-state index contributed by atoms with van der Waals surface area (Å²) in [6.07, 6.45) is 5.29. The lowest BCUT2D eigenvalue weighted by atomic mass is 9.96. The van der Waals surface area contributed by atoms with Crippen molar-refractivity contribution < 1.29 is 4.79 Å². The van der Waals surface area contributed by atoms with E-state index in [-0.39, 0.29) is 6.03 Å². The molecule has 0 saturated carbocycles. The standard InChI is InChI=1S/C20H25N3OS/c1-2-16-8-6-12-23(14-16)20(24)22-18-9-5-7-17(13-18)15-25-19-10-3-4-11-21-19/h3-5,7,9-11,13,16H,2,6,8,12,14-15H2,1H3,(H,22,24). The zero-order chi connectivity index (χ0) is 17.5. The first kappa shape index (κ1) is 17.8. The van der Waals surface area contributed by atoms with Crippen LogP contribution in [0.1, 0.15) is 31.7 Å². The van der Waals surface area contributed by atoms with Crippen LogP contribution >= 0.6 is 11.8 Å². The first-order valence-corrected chi connectivity index (χ1v) is 9.92. The van der Waals surface area contributed by atoms with Crippen molar-refractivity contribution in [2.75, 3.05) is 18.4 Å². The third-order valence-electron chi connectivity index (χ3n) is 4.59. The van der Waals surface area contributed by atoms with Crippen LogP contribution in [0, 0.1) is 5.92 Å². The first-order valence-electron chi connectivity index (χ1n) is 8.93. The largest absolute Gasteiger partial charge is 0.324 e. The number of nitrogens with zero attached hydrogens (tertiary/aromatic N) is 2. The number of urea groups is 1. The van der Waals surface area contributed by atoms with Gasteiger partial charge in [0, 0.05) is 30.7 Å². The molecule has 0 aliphatic carbocycles. The van der Waals surface area contributed by atoms with Gasteiger partial charge in [-0.15, -0.1) is 11.8 Å². The number of hydrogen-bond donors (Lipinski definition) is 1. The van der Waals surface area contributed by atoms with E-state index in [0.29, 0.717) is 5.92 Å². The Balaban J connectivity index is 1.56. The Bertz CT molecular complexity index is 692. The second-order valence-corrected chi connectivity index (χ2v) is 7.45. The van der Waals surface area contributed by atoms with E-state index in [9.17, 15) is 4.79 Å². The monoisotopic (exact) mass is 355 g/mol. The summed E-state index contributed by atoms with van der Waals surface area (Å²) in [5.41, 5.74) is 2.04. The second kappa shape index (κ2) is 8.90. The molecule has 2 heterocycles. The molecule has 0 radical (unpaired) electrons. The number of anilines is 1. The van der Waals surface area contributed by atoms with Gasteiger partial charge in [-0.2, -0.15) is 0 Å². The molecule has 1 aromatic carbocycles. The van der Waals surface area contributed by atoms with Gasteiger partial charge in [0.2, 0.25) is 0 Å². The highest BCUT2D eigenvalue weighted by molar-refractivity contribution is 7.98. The molecule has 25 heavy (non-hydrogen) atoms. The number of rotatable bonds is 5. The van der Waals surface area contributed by atoms with E-state index in [1.807, 2.05) is 35.2 Å². The average molecular weight is 356 g/mol. The summed E-state index contributed by atoms with van der Waals surface area (Å²) in [5.74, 6) is 1.48. The number of piperidine rings is 1. The van der Waals surface area contributed by atoms with E-state index >= 15 is 0 Å². The van der Waals surface area contributed by atoms with Crippen molar-refractivity contribution >= 4 is 23.5 Å².